The van der Waals surface area contributed by atoms with E-state index in [1.807, 2.05) is 6.92 Å². The summed E-state index contributed by atoms with van der Waals surface area (Å²) in [6.45, 7) is 1.86. The van der Waals surface area contributed by atoms with Crippen molar-refractivity contribution in [2.24, 2.45) is 0 Å². The van der Waals surface area contributed by atoms with Crippen molar-refractivity contribution in [2.45, 2.75) is 23.4 Å². The Morgan fingerprint density at radius 1 is 1.53 bits per heavy atom. The summed E-state index contributed by atoms with van der Waals surface area (Å²) in [5.74, 6) is 5.64. The van der Waals surface area contributed by atoms with Crippen LogP contribution in [0.5, 0.6) is 0 Å². The Balaban J connectivity index is 2.37. The average Bonchev–Trinajstić information content (AvgIpc) is 2.72. The summed E-state index contributed by atoms with van der Waals surface area (Å²) in [6.07, 6.45) is 0.593. The number of hydrogen-bond donors (Lipinski definition) is 1. The molecule has 0 aliphatic carbocycles. The Morgan fingerprint density at radius 3 is 2.84 bits per heavy atom. The largest absolute Gasteiger partial charge is 0.336 e. The topological polar surface area (TPSA) is 99.9 Å². The number of nitrogens with zero attached hydrogens (tertiary/aromatic N) is 4. The van der Waals surface area contributed by atoms with Crippen molar-refractivity contribution >= 4 is 17.4 Å². The number of nitro groups is 1. The Morgan fingerprint density at radius 2 is 2.26 bits per heavy atom. The number of benzene rings is 1. The number of aromatic nitrogens is 3. The Hall–Kier alpha value is -2.16. The molecule has 2 aromatic rings. The first-order chi connectivity index (χ1) is 9.02. The first-order valence-corrected chi connectivity index (χ1v) is 6.15. The SMILES string of the molecule is CCc1nnc(Sc2ccc(F)cc2[N+](=O)[O-])n1N. The third-order valence-electron chi connectivity index (χ3n) is 2.37. The lowest BCUT2D eigenvalue weighted by Crippen LogP contribution is -2.13. The predicted molar refractivity (Wildman–Crippen MR) is 66.7 cm³/mol. The van der Waals surface area contributed by atoms with E-state index in [1.54, 1.807) is 0 Å². The first kappa shape index (κ1) is 13.3. The van der Waals surface area contributed by atoms with Gasteiger partial charge in [0.05, 0.1) is 15.9 Å². The zero-order valence-electron chi connectivity index (χ0n) is 9.91. The van der Waals surface area contributed by atoms with E-state index in [-0.39, 0.29) is 10.6 Å². The minimum absolute atomic E-state index is 0.258. The highest BCUT2D eigenvalue weighted by Gasteiger charge is 2.19. The molecule has 9 heteroatoms. The van der Waals surface area contributed by atoms with Crippen molar-refractivity contribution in [3.63, 3.8) is 0 Å². The smallest absolute Gasteiger partial charge is 0.286 e. The van der Waals surface area contributed by atoms with Gasteiger partial charge in [-0.1, -0.05) is 6.92 Å². The van der Waals surface area contributed by atoms with Crippen LogP contribution in [-0.4, -0.2) is 19.8 Å². The van der Waals surface area contributed by atoms with Crippen molar-refractivity contribution in [3.05, 3.63) is 40.0 Å². The normalized spacial score (nSPS) is 10.6. The van der Waals surface area contributed by atoms with Crippen LogP contribution >= 0.6 is 11.8 Å². The van der Waals surface area contributed by atoms with Gasteiger partial charge >= 0.3 is 0 Å². The second-order valence-corrected chi connectivity index (χ2v) is 4.60. The Bertz CT molecular complexity index is 630. The predicted octanol–water partition coefficient (Wildman–Crippen LogP) is 1.75. The van der Waals surface area contributed by atoms with Gasteiger partial charge in [0.15, 0.2) is 5.82 Å². The molecule has 7 nitrogen and oxygen atoms in total. The first-order valence-electron chi connectivity index (χ1n) is 5.34. The zero-order chi connectivity index (χ0) is 14.0. The lowest BCUT2D eigenvalue weighted by atomic mass is 10.3. The molecule has 0 aliphatic heterocycles. The molecule has 2 rings (SSSR count). The maximum Gasteiger partial charge on any atom is 0.286 e. The highest BCUT2D eigenvalue weighted by atomic mass is 32.2. The standard InChI is InChI=1S/C10H10FN5O2S/c1-2-9-13-14-10(15(9)12)19-8-4-3-6(11)5-7(8)16(17)18/h3-5H,2,12H2,1H3. The number of nitrogens with two attached hydrogens (primary N) is 1. The fourth-order valence-corrected chi connectivity index (χ4v) is 2.29. The molecule has 0 unspecified atom stereocenters. The molecule has 0 radical (unpaired) electrons. The third-order valence-corrected chi connectivity index (χ3v) is 3.40. The molecule has 100 valence electrons. The van der Waals surface area contributed by atoms with Crippen molar-refractivity contribution in [1.29, 1.82) is 0 Å². The molecular formula is C10H10FN5O2S. The monoisotopic (exact) mass is 283 g/mol. The quantitative estimate of drug-likeness (QED) is 0.521. The molecule has 0 saturated heterocycles. The van der Waals surface area contributed by atoms with E-state index >= 15 is 0 Å². The minimum Gasteiger partial charge on any atom is -0.336 e. The molecule has 19 heavy (non-hydrogen) atoms. The van der Waals surface area contributed by atoms with Gasteiger partial charge in [0.1, 0.15) is 5.82 Å². The van der Waals surface area contributed by atoms with Crippen molar-refractivity contribution in [3.8, 4) is 0 Å². The van der Waals surface area contributed by atoms with Gasteiger partial charge in [-0.25, -0.2) is 9.07 Å². The van der Waals surface area contributed by atoms with E-state index in [0.29, 0.717) is 17.4 Å². The molecule has 1 aromatic heterocycles. The van der Waals surface area contributed by atoms with Crippen LogP contribution < -0.4 is 5.84 Å². The van der Waals surface area contributed by atoms with Gasteiger partial charge in [-0.15, -0.1) is 10.2 Å². The van der Waals surface area contributed by atoms with E-state index in [9.17, 15) is 14.5 Å². The van der Waals surface area contributed by atoms with Crippen LogP contribution in [0, 0.1) is 15.9 Å². The number of nitro benzene ring substituents is 1. The third kappa shape index (κ3) is 2.65. The second kappa shape index (κ2) is 5.22. The number of halogens is 1. The van der Waals surface area contributed by atoms with Crippen molar-refractivity contribution < 1.29 is 9.31 Å². The Labute approximate surface area is 111 Å². The van der Waals surface area contributed by atoms with Gasteiger partial charge in [0.25, 0.3) is 5.69 Å². The van der Waals surface area contributed by atoms with Gasteiger partial charge in [0, 0.05) is 6.42 Å². The molecule has 1 heterocycles. The molecular weight excluding hydrogens is 273 g/mol. The average molecular weight is 283 g/mol. The van der Waals surface area contributed by atoms with Gasteiger partial charge < -0.3 is 5.84 Å². The summed E-state index contributed by atoms with van der Waals surface area (Å²) in [7, 11) is 0. The molecule has 0 bridgehead atoms. The minimum atomic E-state index is -0.667. The fourth-order valence-electron chi connectivity index (χ4n) is 1.44. The molecule has 0 saturated carbocycles. The second-order valence-electron chi connectivity index (χ2n) is 3.59. The number of rotatable bonds is 4. The van der Waals surface area contributed by atoms with Crippen LogP contribution in [0.25, 0.3) is 0 Å². The summed E-state index contributed by atoms with van der Waals surface area (Å²) < 4.78 is 14.3. The zero-order valence-corrected chi connectivity index (χ0v) is 10.7. The summed E-state index contributed by atoms with van der Waals surface area (Å²) in [4.78, 5) is 10.5. The molecule has 0 amide bonds. The molecule has 0 spiro atoms. The lowest BCUT2D eigenvalue weighted by molar-refractivity contribution is -0.387. The number of nitrogen functional groups attached to an aromatic ring is 1. The van der Waals surface area contributed by atoms with E-state index in [0.717, 1.165) is 23.9 Å². The van der Waals surface area contributed by atoms with E-state index < -0.39 is 10.7 Å². The van der Waals surface area contributed by atoms with Crippen LogP contribution in [-0.2, 0) is 6.42 Å². The van der Waals surface area contributed by atoms with Gasteiger partial charge in [-0.05, 0) is 23.9 Å². The molecule has 2 N–H and O–H groups in total. The van der Waals surface area contributed by atoms with E-state index in [4.69, 9.17) is 5.84 Å². The van der Waals surface area contributed by atoms with Crippen LogP contribution in [0.15, 0.2) is 28.3 Å². The van der Waals surface area contributed by atoms with Gasteiger partial charge in [-0.3, -0.25) is 10.1 Å². The van der Waals surface area contributed by atoms with Gasteiger partial charge in [-0.2, -0.15) is 0 Å². The maximum atomic E-state index is 13.0. The fraction of sp³-hybridized carbons (Fsp3) is 0.200. The van der Waals surface area contributed by atoms with Crippen LogP contribution in [0.2, 0.25) is 0 Å². The van der Waals surface area contributed by atoms with Crippen molar-refractivity contribution in [2.75, 3.05) is 5.84 Å². The molecule has 0 atom stereocenters. The Kier molecular flexibility index (Phi) is 3.65. The summed E-state index contributed by atoms with van der Waals surface area (Å²) in [6, 6.07) is 3.33. The van der Waals surface area contributed by atoms with E-state index in [2.05, 4.69) is 10.2 Å². The maximum absolute atomic E-state index is 13.0. The number of aryl methyl sites for hydroxylation is 1. The summed E-state index contributed by atoms with van der Waals surface area (Å²) >= 11 is 0.970. The highest BCUT2D eigenvalue weighted by Crippen LogP contribution is 2.33. The molecule has 0 aliphatic rings. The van der Waals surface area contributed by atoms with Crippen LogP contribution in [0.1, 0.15) is 12.7 Å². The van der Waals surface area contributed by atoms with Gasteiger partial charge in [0.2, 0.25) is 5.16 Å². The van der Waals surface area contributed by atoms with Crippen molar-refractivity contribution in [1.82, 2.24) is 14.9 Å². The van der Waals surface area contributed by atoms with Crippen LogP contribution in [0.4, 0.5) is 10.1 Å². The summed E-state index contributed by atoms with van der Waals surface area (Å²) in [5, 5.41) is 18.9. The molecule has 0 fully saturated rings. The number of hydrogen-bond acceptors (Lipinski definition) is 6. The lowest BCUT2D eigenvalue weighted by Gasteiger charge is -2.03. The van der Waals surface area contributed by atoms with Crippen LogP contribution in [0.3, 0.4) is 0 Å². The summed E-state index contributed by atoms with van der Waals surface area (Å²) in [5.41, 5.74) is -0.328. The molecule has 1 aromatic carbocycles. The van der Waals surface area contributed by atoms with E-state index in [1.165, 1.54) is 10.7 Å². The highest BCUT2D eigenvalue weighted by molar-refractivity contribution is 7.99.